The van der Waals surface area contributed by atoms with Gasteiger partial charge in [0.2, 0.25) is 0 Å². The molecular formula is C14H21BrN2. The van der Waals surface area contributed by atoms with Crippen molar-refractivity contribution in [2.75, 3.05) is 17.2 Å². The van der Waals surface area contributed by atoms with Crippen LogP contribution in [0.1, 0.15) is 32.3 Å². The van der Waals surface area contributed by atoms with Gasteiger partial charge in [0.15, 0.2) is 0 Å². The van der Waals surface area contributed by atoms with Gasteiger partial charge in [-0.05, 0) is 66.2 Å². The van der Waals surface area contributed by atoms with Gasteiger partial charge in [0.1, 0.15) is 0 Å². The molecule has 1 aliphatic rings. The van der Waals surface area contributed by atoms with Gasteiger partial charge in [-0.1, -0.05) is 6.92 Å². The predicted octanol–water partition coefficient (Wildman–Crippen LogP) is 3.96. The van der Waals surface area contributed by atoms with E-state index in [4.69, 9.17) is 5.73 Å². The second kappa shape index (κ2) is 4.89. The maximum Gasteiger partial charge on any atom is 0.0517 e. The van der Waals surface area contributed by atoms with Crippen LogP contribution in [-0.4, -0.2) is 12.6 Å². The fourth-order valence-electron chi connectivity index (χ4n) is 2.53. The molecule has 2 N–H and O–H groups in total. The molecule has 0 aliphatic carbocycles. The summed E-state index contributed by atoms with van der Waals surface area (Å²) in [7, 11) is 0. The Labute approximate surface area is 112 Å². The van der Waals surface area contributed by atoms with Gasteiger partial charge >= 0.3 is 0 Å². The Hall–Kier alpha value is -0.700. The minimum absolute atomic E-state index is 0.616. The number of hydrogen-bond acceptors (Lipinski definition) is 2. The van der Waals surface area contributed by atoms with E-state index in [1.54, 1.807) is 0 Å². The molecule has 2 nitrogen and oxygen atoms in total. The maximum absolute atomic E-state index is 5.93. The number of anilines is 2. The topological polar surface area (TPSA) is 29.3 Å². The number of nitrogen functional groups attached to an aromatic ring is 1. The number of nitrogens with two attached hydrogens (primary N) is 1. The Morgan fingerprint density at radius 2 is 2.00 bits per heavy atom. The van der Waals surface area contributed by atoms with Gasteiger partial charge in [-0.15, -0.1) is 0 Å². The molecule has 17 heavy (non-hydrogen) atoms. The van der Waals surface area contributed by atoms with Crippen molar-refractivity contribution in [3.63, 3.8) is 0 Å². The van der Waals surface area contributed by atoms with Gasteiger partial charge < -0.3 is 10.6 Å². The molecule has 2 atom stereocenters. The summed E-state index contributed by atoms with van der Waals surface area (Å²) in [6.07, 6.45) is 2.61. The highest BCUT2D eigenvalue weighted by atomic mass is 79.9. The number of aryl methyl sites for hydroxylation is 1. The average Bonchev–Trinajstić information content (AvgIpc) is 2.27. The van der Waals surface area contributed by atoms with Gasteiger partial charge in [0, 0.05) is 22.7 Å². The number of hydrogen-bond donors (Lipinski definition) is 1. The number of piperidine rings is 1. The number of benzene rings is 1. The van der Waals surface area contributed by atoms with Gasteiger partial charge in [-0.3, -0.25) is 0 Å². The molecule has 0 spiro atoms. The molecule has 1 aliphatic heterocycles. The van der Waals surface area contributed by atoms with Crippen molar-refractivity contribution >= 4 is 27.3 Å². The van der Waals surface area contributed by atoms with Crippen LogP contribution in [0.3, 0.4) is 0 Å². The van der Waals surface area contributed by atoms with Gasteiger partial charge in [0.05, 0.1) is 5.69 Å². The zero-order valence-electron chi connectivity index (χ0n) is 10.8. The molecule has 0 radical (unpaired) electrons. The Bertz CT molecular complexity index is 417. The number of halogens is 1. The van der Waals surface area contributed by atoms with Crippen molar-refractivity contribution in [1.82, 2.24) is 0 Å². The molecule has 1 aromatic rings. The van der Waals surface area contributed by atoms with Crippen molar-refractivity contribution in [2.45, 2.75) is 39.7 Å². The highest BCUT2D eigenvalue weighted by molar-refractivity contribution is 9.10. The third-order valence-electron chi connectivity index (χ3n) is 3.76. The summed E-state index contributed by atoms with van der Waals surface area (Å²) in [5.74, 6) is 0.774. The summed E-state index contributed by atoms with van der Waals surface area (Å²) in [4.78, 5) is 2.50. The summed E-state index contributed by atoms with van der Waals surface area (Å²) in [5.41, 5.74) is 9.24. The summed E-state index contributed by atoms with van der Waals surface area (Å²) in [6, 6.07) is 4.84. The zero-order valence-corrected chi connectivity index (χ0v) is 12.4. The third-order valence-corrected chi connectivity index (χ3v) is 4.40. The molecule has 0 aromatic heterocycles. The molecule has 0 amide bonds. The standard InChI is InChI=1S/C14H21BrN2/c1-9-4-5-11(3)17(8-9)14-6-10(2)13(16)7-12(14)15/h6-7,9,11H,4-5,8,16H2,1-3H3. The third kappa shape index (κ3) is 2.59. The van der Waals surface area contributed by atoms with Gasteiger partial charge in [-0.25, -0.2) is 0 Å². The smallest absolute Gasteiger partial charge is 0.0517 e. The van der Waals surface area contributed by atoms with Crippen molar-refractivity contribution in [1.29, 1.82) is 0 Å². The van der Waals surface area contributed by atoms with Crippen LogP contribution in [-0.2, 0) is 0 Å². The maximum atomic E-state index is 5.93. The Morgan fingerprint density at radius 1 is 1.29 bits per heavy atom. The Morgan fingerprint density at radius 3 is 2.71 bits per heavy atom. The van der Waals surface area contributed by atoms with Crippen LogP contribution in [0.15, 0.2) is 16.6 Å². The zero-order chi connectivity index (χ0) is 12.6. The van der Waals surface area contributed by atoms with Gasteiger partial charge in [-0.2, -0.15) is 0 Å². The number of rotatable bonds is 1. The first kappa shape index (κ1) is 12.7. The van der Waals surface area contributed by atoms with Crippen LogP contribution in [0.5, 0.6) is 0 Å². The molecule has 94 valence electrons. The normalized spacial score (nSPS) is 25.1. The van der Waals surface area contributed by atoms with Crippen LogP contribution < -0.4 is 10.6 Å². The van der Waals surface area contributed by atoms with Crippen molar-refractivity contribution in [2.24, 2.45) is 5.92 Å². The first-order valence-corrected chi connectivity index (χ1v) is 7.10. The molecule has 1 fully saturated rings. The van der Waals surface area contributed by atoms with Crippen LogP contribution in [0, 0.1) is 12.8 Å². The summed E-state index contributed by atoms with van der Waals surface area (Å²) >= 11 is 3.64. The molecule has 0 bridgehead atoms. The van der Waals surface area contributed by atoms with Crippen LogP contribution in [0.25, 0.3) is 0 Å². The second-order valence-corrected chi connectivity index (χ2v) is 6.20. The molecule has 3 heteroatoms. The lowest BCUT2D eigenvalue weighted by Gasteiger charge is -2.39. The van der Waals surface area contributed by atoms with E-state index in [1.807, 2.05) is 6.07 Å². The lowest BCUT2D eigenvalue weighted by molar-refractivity contribution is 0.390. The molecule has 1 heterocycles. The first-order valence-electron chi connectivity index (χ1n) is 6.31. The second-order valence-electron chi connectivity index (χ2n) is 5.34. The highest BCUT2D eigenvalue weighted by Crippen LogP contribution is 2.35. The minimum atomic E-state index is 0.616. The van der Waals surface area contributed by atoms with E-state index in [2.05, 4.69) is 47.7 Å². The van der Waals surface area contributed by atoms with E-state index in [0.29, 0.717) is 6.04 Å². The quantitative estimate of drug-likeness (QED) is 0.795. The van der Waals surface area contributed by atoms with Crippen molar-refractivity contribution in [3.05, 3.63) is 22.2 Å². The lowest BCUT2D eigenvalue weighted by Crippen LogP contribution is -2.41. The molecular weight excluding hydrogens is 276 g/mol. The van der Waals surface area contributed by atoms with Crippen LogP contribution in [0.4, 0.5) is 11.4 Å². The largest absolute Gasteiger partial charge is 0.398 e. The number of nitrogens with zero attached hydrogens (tertiary/aromatic N) is 1. The van der Waals surface area contributed by atoms with E-state index in [1.165, 1.54) is 18.5 Å². The Kier molecular flexibility index (Phi) is 3.67. The van der Waals surface area contributed by atoms with Gasteiger partial charge in [0.25, 0.3) is 0 Å². The fourth-order valence-corrected chi connectivity index (χ4v) is 3.11. The highest BCUT2D eigenvalue weighted by Gasteiger charge is 2.24. The van der Waals surface area contributed by atoms with E-state index in [0.717, 1.165) is 28.2 Å². The summed E-state index contributed by atoms with van der Waals surface area (Å²) in [6.45, 7) is 7.85. The van der Waals surface area contributed by atoms with Crippen molar-refractivity contribution < 1.29 is 0 Å². The predicted molar refractivity (Wildman–Crippen MR) is 78.5 cm³/mol. The monoisotopic (exact) mass is 296 g/mol. The minimum Gasteiger partial charge on any atom is -0.398 e. The SMILES string of the molecule is Cc1cc(N2CC(C)CCC2C)c(Br)cc1N. The summed E-state index contributed by atoms with van der Waals surface area (Å²) < 4.78 is 1.11. The Balaban J connectivity index is 2.35. The van der Waals surface area contributed by atoms with Crippen LogP contribution >= 0.6 is 15.9 Å². The fraction of sp³-hybridized carbons (Fsp3) is 0.571. The van der Waals surface area contributed by atoms with Crippen molar-refractivity contribution in [3.8, 4) is 0 Å². The van der Waals surface area contributed by atoms with E-state index < -0.39 is 0 Å². The molecule has 1 aromatic carbocycles. The molecule has 0 saturated carbocycles. The average molecular weight is 297 g/mol. The molecule has 1 saturated heterocycles. The van der Waals surface area contributed by atoms with E-state index >= 15 is 0 Å². The summed E-state index contributed by atoms with van der Waals surface area (Å²) in [5, 5.41) is 0. The van der Waals surface area contributed by atoms with Crippen LogP contribution in [0.2, 0.25) is 0 Å². The lowest BCUT2D eigenvalue weighted by atomic mass is 9.94. The van der Waals surface area contributed by atoms with E-state index in [-0.39, 0.29) is 0 Å². The molecule has 2 rings (SSSR count). The van der Waals surface area contributed by atoms with E-state index in [9.17, 15) is 0 Å². The molecule has 2 unspecified atom stereocenters. The first-order chi connectivity index (χ1) is 7.99.